The fraction of sp³-hybridized carbons (Fsp3) is 0.0870. The van der Waals surface area contributed by atoms with Gasteiger partial charge < -0.3 is 5.32 Å². The first kappa shape index (κ1) is 24.5. The summed E-state index contributed by atoms with van der Waals surface area (Å²) < 4.78 is 28.9. The van der Waals surface area contributed by atoms with Crippen LogP contribution in [-0.4, -0.2) is 23.9 Å². The molecule has 12 heteroatoms. The van der Waals surface area contributed by atoms with Crippen LogP contribution in [0.25, 0.3) is 10.9 Å². The second kappa shape index (κ2) is 9.95. The standard InChI is InChI=1S/C23H18Cl2N4O5S/c24-14-5-10-20(18(25)13-14)35(33,34)28-16-8-6-15(7-9-16)26-21(30)11-12-29-19-4-2-1-3-17(19)22(31)27-23(29)32/h1-10,13,28H,11-12H2,(H,26,30)(H,27,31,32). The summed E-state index contributed by atoms with van der Waals surface area (Å²) in [5.74, 6) is -0.367. The van der Waals surface area contributed by atoms with E-state index in [-0.39, 0.29) is 34.5 Å². The van der Waals surface area contributed by atoms with E-state index in [0.717, 1.165) is 0 Å². The summed E-state index contributed by atoms with van der Waals surface area (Å²) in [6.45, 7) is 0.0572. The number of para-hydroxylation sites is 1. The molecule has 0 spiro atoms. The molecular weight excluding hydrogens is 515 g/mol. The molecular formula is C23H18Cl2N4O5S. The minimum atomic E-state index is -3.95. The first-order valence-corrected chi connectivity index (χ1v) is 12.5. The molecule has 180 valence electrons. The maximum atomic E-state index is 12.6. The zero-order chi connectivity index (χ0) is 25.2. The Bertz CT molecular complexity index is 1650. The first-order chi connectivity index (χ1) is 16.6. The second-order valence-corrected chi connectivity index (χ2v) is 9.98. The number of halogens is 2. The number of rotatable bonds is 7. The van der Waals surface area contributed by atoms with Gasteiger partial charge in [-0.15, -0.1) is 0 Å². The summed E-state index contributed by atoms with van der Waals surface area (Å²) in [6.07, 6.45) is -0.0284. The first-order valence-electron chi connectivity index (χ1n) is 10.2. The number of H-pyrrole nitrogens is 1. The number of hydrogen-bond donors (Lipinski definition) is 3. The Kier molecular flexibility index (Phi) is 6.97. The summed E-state index contributed by atoms with van der Waals surface area (Å²) in [4.78, 5) is 38.7. The Morgan fingerprint density at radius 3 is 2.34 bits per heavy atom. The van der Waals surface area contributed by atoms with Crippen LogP contribution in [-0.2, 0) is 21.4 Å². The molecule has 0 unspecified atom stereocenters. The Morgan fingerprint density at radius 2 is 1.63 bits per heavy atom. The van der Waals surface area contributed by atoms with E-state index in [2.05, 4.69) is 15.0 Å². The molecule has 0 saturated carbocycles. The van der Waals surface area contributed by atoms with Crippen LogP contribution >= 0.6 is 23.2 Å². The van der Waals surface area contributed by atoms with Gasteiger partial charge >= 0.3 is 5.69 Å². The topological polar surface area (TPSA) is 130 Å². The van der Waals surface area contributed by atoms with E-state index in [1.54, 1.807) is 24.3 Å². The lowest BCUT2D eigenvalue weighted by molar-refractivity contribution is -0.116. The third kappa shape index (κ3) is 5.56. The molecule has 3 N–H and O–H groups in total. The third-order valence-corrected chi connectivity index (χ3v) is 7.17. The van der Waals surface area contributed by atoms with Gasteiger partial charge in [0.05, 0.1) is 15.9 Å². The van der Waals surface area contributed by atoms with Gasteiger partial charge in [-0.25, -0.2) is 13.2 Å². The van der Waals surface area contributed by atoms with Gasteiger partial charge in [-0.3, -0.25) is 23.9 Å². The molecule has 4 aromatic rings. The molecule has 4 rings (SSSR count). The molecule has 0 saturated heterocycles. The van der Waals surface area contributed by atoms with Gasteiger partial charge in [-0.2, -0.15) is 0 Å². The highest BCUT2D eigenvalue weighted by atomic mass is 35.5. The van der Waals surface area contributed by atoms with Gasteiger partial charge in [0.25, 0.3) is 15.6 Å². The number of carbonyl (C=O) groups is 1. The summed E-state index contributed by atoms with van der Waals surface area (Å²) in [7, 11) is -3.95. The van der Waals surface area contributed by atoms with Crippen LogP contribution < -0.4 is 21.3 Å². The molecule has 0 fully saturated rings. The number of nitrogens with one attached hydrogen (secondary N) is 3. The molecule has 0 atom stereocenters. The van der Waals surface area contributed by atoms with Gasteiger partial charge in [0, 0.05) is 29.4 Å². The number of hydrogen-bond acceptors (Lipinski definition) is 5. The van der Waals surface area contributed by atoms with Gasteiger partial charge in [0.2, 0.25) is 5.91 Å². The number of anilines is 2. The molecule has 35 heavy (non-hydrogen) atoms. The van der Waals surface area contributed by atoms with Crippen molar-refractivity contribution in [3.8, 4) is 0 Å². The summed E-state index contributed by atoms with van der Waals surface area (Å²) in [6, 6.07) is 16.7. The number of nitrogens with zero attached hydrogens (tertiary/aromatic N) is 1. The predicted octanol–water partition coefficient (Wildman–Crippen LogP) is 3.83. The lowest BCUT2D eigenvalue weighted by Gasteiger charge is -2.11. The molecule has 0 aliphatic rings. The van der Waals surface area contributed by atoms with Gasteiger partial charge in [-0.05, 0) is 54.6 Å². The quantitative estimate of drug-likeness (QED) is 0.333. The van der Waals surface area contributed by atoms with Crippen LogP contribution in [0.2, 0.25) is 10.0 Å². The second-order valence-electron chi connectivity index (χ2n) is 7.48. The van der Waals surface area contributed by atoms with Crippen LogP contribution in [0.5, 0.6) is 0 Å². The van der Waals surface area contributed by atoms with Crippen molar-refractivity contribution in [1.82, 2.24) is 9.55 Å². The molecule has 9 nitrogen and oxygen atoms in total. The highest BCUT2D eigenvalue weighted by Crippen LogP contribution is 2.27. The van der Waals surface area contributed by atoms with Crippen molar-refractivity contribution in [3.05, 3.63) is 97.6 Å². The van der Waals surface area contributed by atoms with Crippen LogP contribution in [0.1, 0.15) is 6.42 Å². The normalized spacial score (nSPS) is 11.4. The van der Waals surface area contributed by atoms with Crippen LogP contribution in [0, 0.1) is 0 Å². The zero-order valence-electron chi connectivity index (χ0n) is 17.9. The van der Waals surface area contributed by atoms with Gasteiger partial charge in [0.15, 0.2) is 0 Å². The largest absolute Gasteiger partial charge is 0.328 e. The molecule has 0 aliphatic heterocycles. The number of aromatic amines is 1. The number of carbonyl (C=O) groups excluding carboxylic acids is 1. The van der Waals surface area contributed by atoms with Crippen molar-refractivity contribution in [2.24, 2.45) is 0 Å². The fourth-order valence-electron chi connectivity index (χ4n) is 3.43. The molecule has 0 bridgehead atoms. The summed E-state index contributed by atoms with van der Waals surface area (Å²) in [5, 5.41) is 3.34. The van der Waals surface area contributed by atoms with Crippen LogP contribution in [0.15, 0.2) is 81.2 Å². The number of sulfonamides is 1. The minimum Gasteiger partial charge on any atom is -0.326 e. The average Bonchev–Trinajstić information content (AvgIpc) is 2.80. The van der Waals surface area contributed by atoms with E-state index in [4.69, 9.17) is 23.2 Å². The Labute approximate surface area is 209 Å². The Balaban J connectivity index is 1.41. The monoisotopic (exact) mass is 532 g/mol. The lowest BCUT2D eigenvalue weighted by Crippen LogP contribution is -2.31. The van der Waals surface area contributed by atoms with Crippen molar-refractivity contribution >= 4 is 61.4 Å². The summed E-state index contributed by atoms with van der Waals surface area (Å²) in [5.41, 5.74) is 0.0483. The van der Waals surface area contributed by atoms with E-state index < -0.39 is 21.3 Å². The van der Waals surface area contributed by atoms with E-state index >= 15 is 0 Å². The van der Waals surface area contributed by atoms with Crippen molar-refractivity contribution in [1.29, 1.82) is 0 Å². The molecule has 0 radical (unpaired) electrons. The maximum absolute atomic E-state index is 12.6. The molecule has 0 aliphatic carbocycles. The number of aromatic nitrogens is 2. The smallest absolute Gasteiger partial charge is 0.326 e. The van der Waals surface area contributed by atoms with E-state index in [9.17, 15) is 22.8 Å². The third-order valence-electron chi connectivity index (χ3n) is 5.07. The van der Waals surface area contributed by atoms with Gasteiger partial charge in [0.1, 0.15) is 4.90 Å². The maximum Gasteiger partial charge on any atom is 0.328 e. The SMILES string of the molecule is O=C(CCn1c(=O)[nH]c(=O)c2ccccc21)Nc1ccc(NS(=O)(=O)c2ccc(Cl)cc2Cl)cc1. The van der Waals surface area contributed by atoms with Gasteiger partial charge in [-0.1, -0.05) is 35.3 Å². The molecule has 1 amide bonds. The molecule has 3 aromatic carbocycles. The van der Waals surface area contributed by atoms with E-state index in [0.29, 0.717) is 21.6 Å². The van der Waals surface area contributed by atoms with Crippen LogP contribution in [0.3, 0.4) is 0 Å². The Hall–Kier alpha value is -3.60. The average molecular weight is 533 g/mol. The van der Waals surface area contributed by atoms with Crippen molar-refractivity contribution < 1.29 is 13.2 Å². The number of aryl methyl sites for hydroxylation is 1. The number of amides is 1. The van der Waals surface area contributed by atoms with Crippen molar-refractivity contribution in [2.45, 2.75) is 17.9 Å². The number of fused-ring (bicyclic) bond motifs is 1. The molecule has 1 aromatic heterocycles. The highest BCUT2D eigenvalue weighted by molar-refractivity contribution is 7.92. The van der Waals surface area contributed by atoms with Crippen molar-refractivity contribution in [3.63, 3.8) is 0 Å². The Morgan fingerprint density at radius 1 is 0.943 bits per heavy atom. The van der Waals surface area contributed by atoms with E-state index in [1.807, 2.05) is 0 Å². The highest BCUT2D eigenvalue weighted by Gasteiger charge is 2.18. The van der Waals surface area contributed by atoms with E-state index in [1.165, 1.54) is 47.0 Å². The fourth-order valence-corrected chi connectivity index (χ4v) is 5.26. The minimum absolute atomic E-state index is 0.0109. The van der Waals surface area contributed by atoms with Crippen LogP contribution in [0.4, 0.5) is 11.4 Å². The lowest BCUT2D eigenvalue weighted by atomic mass is 10.2. The zero-order valence-corrected chi connectivity index (χ0v) is 20.2. The predicted molar refractivity (Wildman–Crippen MR) is 136 cm³/mol. The summed E-state index contributed by atoms with van der Waals surface area (Å²) >= 11 is 11.8. The molecule has 1 heterocycles. The van der Waals surface area contributed by atoms with Crippen molar-refractivity contribution in [2.75, 3.05) is 10.0 Å². The number of benzene rings is 3.